The summed E-state index contributed by atoms with van der Waals surface area (Å²) in [6.07, 6.45) is 2.49. The second-order valence-corrected chi connectivity index (χ2v) is 8.63. The molecule has 1 atom stereocenters. The number of rotatable bonds is 4. The molecule has 1 N–H and O–H groups in total. The van der Waals surface area contributed by atoms with Gasteiger partial charge in [-0.2, -0.15) is 0 Å². The van der Waals surface area contributed by atoms with E-state index in [1.165, 1.54) is 18.4 Å². The van der Waals surface area contributed by atoms with Crippen molar-refractivity contribution in [1.29, 1.82) is 0 Å². The molecule has 7 heteroatoms. The first kappa shape index (κ1) is 18.1. The van der Waals surface area contributed by atoms with Crippen LogP contribution in [0.1, 0.15) is 34.3 Å². The summed E-state index contributed by atoms with van der Waals surface area (Å²) in [5, 5.41) is 2.76. The Balaban J connectivity index is 1.24. The summed E-state index contributed by atoms with van der Waals surface area (Å²) >= 11 is 0. The summed E-state index contributed by atoms with van der Waals surface area (Å²) in [5.74, 6) is 0.767. The average Bonchev–Trinajstić information content (AvgIpc) is 3.37. The standard InChI is InChI=1S/C21H27N3O4/c1-22-19(25)18-10-28-21(11-23(18)7-14-2-3-14)12-24(13-21)20(26)15-4-5-16-8-27-9-17(16)6-15/h4-6,14,18H,2-3,7-13H2,1H3,(H,22,25)/t18-/m0/s1. The van der Waals surface area contributed by atoms with Gasteiger partial charge in [-0.3, -0.25) is 14.5 Å². The fraction of sp³-hybridized carbons (Fsp3) is 0.619. The maximum Gasteiger partial charge on any atom is 0.254 e. The van der Waals surface area contributed by atoms with Gasteiger partial charge in [0.25, 0.3) is 5.91 Å². The lowest BCUT2D eigenvalue weighted by Gasteiger charge is -2.55. The smallest absolute Gasteiger partial charge is 0.254 e. The largest absolute Gasteiger partial charge is 0.372 e. The summed E-state index contributed by atoms with van der Waals surface area (Å²) in [7, 11) is 1.67. The molecule has 3 aliphatic heterocycles. The Hall–Kier alpha value is -1.96. The summed E-state index contributed by atoms with van der Waals surface area (Å²) in [6, 6.07) is 5.62. The molecule has 0 aromatic heterocycles. The van der Waals surface area contributed by atoms with Crippen LogP contribution < -0.4 is 5.32 Å². The Labute approximate surface area is 165 Å². The van der Waals surface area contributed by atoms with E-state index in [-0.39, 0.29) is 23.5 Å². The van der Waals surface area contributed by atoms with Crippen molar-refractivity contribution in [3.63, 3.8) is 0 Å². The number of amides is 2. The normalized spacial score (nSPS) is 26.0. The number of nitrogens with one attached hydrogen (secondary N) is 1. The molecule has 2 saturated heterocycles. The number of hydrogen-bond donors (Lipinski definition) is 1. The molecule has 1 spiro atoms. The Morgan fingerprint density at radius 3 is 2.71 bits per heavy atom. The van der Waals surface area contributed by atoms with Crippen LogP contribution in [-0.2, 0) is 27.5 Å². The van der Waals surface area contributed by atoms with Crippen molar-refractivity contribution in [1.82, 2.24) is 15.1 Å². The Bertz CT molecular complexity index is 801. The van der Waals surface area contributed by atoms with E-state index in [1.807, 2.05) is 23.1 Å². The van der Waals surface area contributed by atoms with Crippen molar-refractivity contribution >= 4 is 11.8 Å². The fourth-order valence-electron chi connectivity index (χ4n) is 4.59. The SMILES string of the molecule is CNC(=O)[C@@H]1COC2(CN(C(=O)c3ccc4c(c3)COC4)C2)CN1CC1CC1. The van der Waals surface area contributed by atoms with Gasteiger partial charge in [-0.05, 0) is 42.0 Å². The van der Waals surface area contributed by atoms with Crippen LogP contribution >= 0.6 is 0 Å². The highest BCUT2D eigenvalue weighted by Crippen LogP contribution is 2.36. The van der Waals surface area contributed by atoms with Crippen molar-refractivity contribution < 1.29 is 19.1 Å². The van der Waals surface area contributed by atoms with Crippen LogP contribution in [0.15, 0.2) is 18.2 Å². The zero-order valence-electron chi connectivity index (χ0n) is 16.3. The van der Waals surface area contributed by atoms with Gasteiger partial charge in [0, 0.05) is 25.7 Å². The van der Waals surface area contributed by atoms with Gasteiger partial charge >= 0.3 is 0 Å². The molecule has 150 valence electrons. The Morgan fingerprint density at radius 2 is 1.96 bits per heavy atom. The van der Waals surface area contributed by atoms with Gasteiger partial charge in [-0.15, -0.1) is 0 Å². The maximum absolute atomic E-state index is 12.9. The van der Waals surface area contributed by atoms with E-state index in [9.17, 15) is 9.59 Å². The number of benzene rings is 1. The first-order valence-corrected chi connectivity index (χ1v) is 10.2. The van der Waals surface area contributed by atoms with Crippen LogP contribution in [0.4, 0.5) is 0 Å². The van der Waals surface area contributed by atoms with E-state index in [2.05, 4.69) is 10.2 Å². The number of carbonyl (C=O) groups excluding carboxylic acids is 2. The molecule has 2 amide bonds. The van der Waals surface area contributed by atoms with Crippen LogP contribution in [0.3, 0.4) is 0 Å². The minimum Gasteiger partial charge on any atom is -0.372 e. The molecule has 0 unspecified atom stereocenters. The van der Waals surface area contributed by atoms with E-state index in [4.69, 9.17) is 9.47 Å². The lowest BCUT2D eigenvalue weighted by atomic mass is 9.89. The number of hydrogen-bond acceptors (Lipinski definition) is 5. The zero-order chi connectivity index (χ0) is 19.3. The second-order valence-electron chi connectivity index (χ2n) is 8.63. The number of likely N-dealkylation sites (N-methyl/N-ethyl adjacent to an activating group) is 1. The predicted molar refractivity (Wildman–Crippen MR) is 102 cm³/mol. The van der Waals surface area contributed by atoms with Crippen LogP contribution in [0, 0.1) is 5.92 Å². The lowest BCUT2D eigenvalue weighted by molar-refractivity contribution is -0.191. The molecule has 28 heavy (non-hydrogen) atoms. The van der Waals surface area contributed by atoms with Gasteiger partial charge in [0.2, 0.25) is 5.91 Å². The molecule has 4 aliphatic rings. The molecule has 3 heterocycles. The second kappa shape index (κ2) is 6.83. The van der Waals surface area contributed by atoms with Crippen molar-refractivity contribution in [3.8, 4) is 0 Å². The predicted octanol–water partition coefficient (Wildman–Crippen LogP) is 0.768. The van der Waals surface area contributed by atoms with Crippen LogP contribution in [0.25, 0.3) is 0 Å². The van der Waals surface area contributed by atoms with Crippen molar-refractivity contribution in [2.75, 3.05) is 39.8 Å². The van der Waals surface area contributed by atoms with Gasteiger partial charge in [-0.25, -0.2) is 0 Å². The van der Waals surface area contributed by atoms with Gasteiger partial charge in [0.05, 0.1) is 32.9 Å². The number of nitrogens with zero attached hydrogens (tertiary/aromatic N) is 2. The highest BCUT2D eigenvalue weighted by molar-refractivity contribution is 5.95. The minimum absolute atomic E-state index is 0.0168. The van der Waals surface area contributed by atoms with E-state index in [0.717, 1.165) is 12.1 Å². The number of likely N-dealkylation sites (tertiary alicyclic amines) is 1. The first-order chi connectivity index (χ1) is 13.6. The highest BCUT2D eigenvalue weighted by Gasteiger charge is 2.52. The molecule has 3 fully saturated rings. The third kappa shape index (κ3) is 3.21. The molecule has 7 nitrogen and oxygen atoms in total. The fourth-order valence-corrected chi connectivity index (χ4v) is 4.59. The topological polar surface area (TPSA) is 71.1 Å². The first-order valence-electron chi connectivity index (χ1n) is 10.2. The number of fused-ring (bicyclic) bond motifs is 1. The van der Waals surface area contributed by atoms with Crippen molar-refractivity contribution in [2.45, 2.75) is 37.7 Å². The summed E-state index contributed by atoms with van der Waals surface area (Å²) in [5.41, 5.74) is 2.66. The molecule has 0 radical (unpaired) electrons. The lowest BCUT2D eigenvalue weighted by Crippen LogP contribution is -2.73. The summed E-state index contributed by atoms with van der Waals surface area (Å²) < 4.78 is 11.6. The maximum atomic E-state index is 12.9. The summed E-state index contributed by atoms with van der Waals surface area (Å²) in [6.45, 7) is 4.44. The molecule has 1 aromatic carbocycles. The van der Waals surface area contributed by atoms with Crippen LogP contribution in [0.5, 0.6) is 0 Å². The number of ether oxygens (including phenoxy) is 2. The van der Waals surface area contributed by atoms with Gasteiger partial charge in [-0.1, -0.05) is 6.07 Å². The molecule has 5 rings (SSSR count). The van der Waals surface area contributed by atoms with E-state index in [0.29, 0.717) is 50.9 Å². The molecule has 1 aliphatic carbocycles. The molecular formula is C21H27N3O4. The molecule has 1 aromatic rings. The van der Waals surface area contributed by atoms with Crippen LogP contribution in [0.2, 0.25) is 0 Å². The molecule has 0 bridgehead atoms. The highest BCUT2D eigenvalue weighted by atomic mass is 16.5. The summed E-state index contributed by atoms with van der Waals surface area (Å²) in [4.78, 5) is 29.3. The van der Waals surface area contributed by atoms with E-state index >= 15 is 0 Å². The van der Waals surface area contributed by atoms with Gasteiger partial charge in [0.15, 0.2) is 0 Å². The number of carbonyl (C=O) groups is 2. The number of morpholine rings is 1. The third-order valence-electron chi connectivity index (χ3n) is 6.43. The van der Waals surface area contributed by atoms with Gasteiger partial charge in [0.1, 0.15) is 11.6 Å². The Kier molecular flexibility index (Phi) is 4.41. The van der Waals surface area contributed by atoms with E-state index < -0.39 is 0 Å². The van der Waals surface area contributed by atoms with Crippen molar-refractivity contribution in [3.05, 3.63) is 34.9 Å². The minimum atomic E-state index is -0.338. The third-order valence-corrected chi connectivity index (χ3v) is 6.43. The van der Waals surface area contributed by atoms with Crippen molar-refractivity contribution in [2.24, 2.45) is 5.92 Å². The van der Waals surface area contributed by atoms with Gasteiger partial charge < -0.3 is 19.7 Å². The Morgan fingerprint density at radius 1 is 1.18 bits per heavy atom. The monoisotopic (exact) mass is 385 g/mol. The average molecular weight is 385 g/mol. The molecule has 1 saturated carbocycles. The quantitative estimate of drug-likeness (QED) is 0.829. The zero-order valence-corrected chi connectivity index (χ0v) is 16.3. The van der Waals surface area contributed by atoms with E-state index in [1.54, 1.807) is 7.05 Å². The molecular weight excluding hydrogens is 358 g/mol. The van der Waals surface area contributed by atoms with Crippen LogP contribution in [-0.4, -0.2) is 73.1 Å².